The van der Waals surface area contributed by atoms with Crippen molar-refractivity contribution in [2.45, 2.75) is 31.7 Å². The number of fused-ring (bicyclic) bond motifs is 2. The summed E-state index contributed by atoms with van der Waals surface area (Å²) in [6.45, 7) is 0. The normalized spacial score (nSPS) is 31.9. The molecule has 16 heavy (non-hydrogen) atoms. The number of nitrogens with one attached hydrogen (secondary N) is 1. The number of anilines is 1. The number of phenolic OH excluding ortho intramolecular Hbond substituents is 1. The van der Waals surface area contributed by atoms with Gasteiger partial charge in [-0.3, -0.25) is 0 Å². The molecule has 0 aromatic heterocycles. The number of hydrogen-bond donors (Lipinski definition) is 2. The van der Waals surface area contributed by atoms with Crippen molar-refractivity contribution in [2.24, 2.45) is 11.8 Å². The van der Waals surface area contributed by atoms with Crippen molar-refractivity contribution in [1.82, 2.24) is 0 Å². The minimum Gasteiger partial charge on any atom is -0.505 e. The fraction of sp³-hybridized carbons (Fsp3) is 0.538. The summed E-state index contributed by atoms with van der Waals surface area (Å²) in [5, 5.41) is 12.5. The van der Waals surface area contributed by atoms with E-state index in [0.29, 0.717) is 6.04 Å². The molecule has 3 unspecified atom stereocenters. The van der Waals surface area contributed by atoms with Crippen LogP contribution in [0.3, 0.4) is 0 Å². The molecule has 0 aliphatic heterocycles. The van der Waals surface area contributed by atoms with E-state index in [9.17, 15) is 4.39 Å². The predicted molar refractivity (Wildman–Crippen MR) is 60.9 cm³/mol. The van der Waals surface area contributed by atoms with Gasteiger partial charge in [0.05, 0.1) is 0 Å². The van der Waals surface area contributed by atoms with Gasteiger partial charge >= 0.3 is 0 Å². The molecule has 86 valence electrons. The summed E-state index contributed by atoms with van der Waals surface area (Å²) in [6.07, 6.45) is 5.22. The maximum atomic E-state index is 13.2. The first-order valence-corrected chi connectivity index (χ1v) is 5.97. The van der Waals surface area contributed by atoms with Crippen molar-refractivity contribution in [3.05, 3.63) is 24.0 Å². The van der Waals surface area contributed by atoms with Gasteiger partial charge in [0.15, 0.2) is 11.6 Å². The molecule has 1 aromatic rings. The summed E-state index contributed by atoms with van der Waals surface area (Å²) >= 11 is 0. The summed E-state index contributed by atoms with van der Waals surface area (Å²) in [5.41, 5.74) is 0.785. The molecular weight excluding hydrogens is 205 g/mol. The molecule has 3 atom stereocenters. The molecule has 2 aliphatic carbocycles. The Morgan fingerprint density at radius 1 is 1.25 bits per heavy atom. The number of hydrogen-bond acceptors (Lipinski definition) is 2. The Bertz CT molecular complexity index is 407. The maximum Gasteiger partial charge on any atom is 0.166 e. The highest BCUT2D eigenvalue weighted by molar-refractivity contribution is 5.48. The fourth-order valence-electron chi connectivity index (χ4n) is 3.23. The molecule has 2 nitrogen and oxygen atoms in total. The number of phenols is 1. The molecule has 2 bridgehead atoms. The Morgan fingerprint density at radius 2 is 2.12 bits per heavy atom. The fourth-order valence-corrected chi connectivity index (χ4v) is 3.23. The Morgan fingerprint density at radius 3 is 2.75 bits per heavy atom. The largest absolute Gasteiger partial charge is 0.505 e. The second-order valence-corrected chi connectivity index (χ2v) is 5.09. The predicted octanol–water partition coefficient (Wildman–Crippen LogP) is 3.13. The number of halogens is 1. The van der Waals surface area contributed by atoms with Crippen LogP contribution in [-0.2, 0) is 0 Å². The molecule has 3 heteroatoms. The van der Waals surface area contributed by atoms with Gasteiger partial charge in [-0.2, -0.15) is 0 Å². The van der Waals surface area contributed by atoms with E-state index in [1.807, 2.05) is 0 Å². The van der Waals surface area contributed by atoms with E-state index in [0.717, 1.165) is 17.5 Å². The first-order chi connectivity index (χ1) is 7.72. The summed E-state index contributed by atoms with van der Waals surface area (Å²) in [7, 11) is 0. The summed E-state index contributed by atoms with van der Waals surface area (Å²) < 4.78 is 13.2. The molecule has 0 amide bonds. The molecular formula is C13H16FNO. The summed E-state index contributed by atoms with van der Waals surface area (Å²) in [5.74, 6) is 0.818. The molecule has 0 radical (unpaired) electrons. The molecule has 2 fully saturated rings. The molecule has 0 heterocycles. The zero-order chi connectivity index (χ0) is 11.1. The van der Waals surface area contributed by atoms with Gasteiger partial charge in [-0.15, -0.1) is 0 Å². The van der Waals surface area contributed by atoms with E-state index >= 15 is 0 Å². The molecule has 2 aliphatic rings. The SMILES string of the molecule is Oc1ccc(NC2CC3CCC2C3)cc1F. The van der Waals surface area contributed by atoms with Crippen LogP contribution in [0.15, 0.2) is 18.2 Å². The highest BCUT2D eigenvalue weighted by atomic mass is 19.1. The Balaban J connectivity index is 1.72. The topological polar surface area (TPSA) is 32.3 Å². The van der Waals surface area contributed by atoms with Crippen LogP contribution in [0.1, 0.15) is 25.7 Å². The van der Waals surface area contributed by atoms with Crippen molar-refractivity contribution in [3.63, 3.8) is 0 Å². The molecule has 1 aromatic carbocycles. The molecule has 0 saturated heterocycles. The van der Waals surface area contributed by atoms with E-state index in [1.165, 1.54) is 37.8 Å². The van der Waals surface area contributed by atoms with E-state index < -0.39 is 5.82 Å². The van der Waals surface area contributed by atoms with E-state index in [1.54, 1.807) is 6.07 Å². The molecule has 2 saturated carbocycles. The van der Waals surface area contributed by atoms with Gasteiger partial charge in [-0.05, 0) is 43.2 Å². The average molecular weight is 221 g/mol. The van der Waals surface area contributed by atoms with Crippen molar-refractivity contribution in [2.75, 3.05) is 5.32 Å². The van der Waals surface area contributed by atoms with Crippen molar-refractivity contribution >= 4 is 5.69 Å². The quantitative estimate of drug-likeness (QED) is 0.752. The van der Waals surface area contributed by atoms with Crippen LogP contribution in [-0.4, -0.2) is 11.1 Å². The maximum absolute atomic E-state index is 13.2. The standard InChI is InChI=1S/C13H16FNO/c14-11-7-10(3-4-13(11)16)15-12-6-8-1-2-9(12)5-8/h3-4,7-9,12,15-16H,1-2,5-6H2. The third kappa shape index (κ3) is 1.64. The van der Waals surface area contributed by atoms with Crippen LogP contribution in [0.5, 0.6) is 5.75 Å². The van der Waals surface area contributed by atoms with Crippen molar-refractivity contribution in [3.8, 4) is 5.75 Å². The second kappa shape index (κ2) is 3.65. The van der Waals surface area contributed by atoms with Gasteiger partial charge in [0, 0.05) is 17.8 Å². The Labute approximate surface area is 94.5 Å². The monoisotopic (exact) mass is 221 g/mol. The van der Waals surface area contributed by atoms with Crippen molar-refractivity contribution in [1.29, 1.82) is 0 Å². The Hall–Kier alpha value is -1.25. The van der Waals surface area contributed by atoms with Gasteiger partial charge < -0.3 is 10.4 Å². The summed E-state index contributed by atoms with van der Waals surface area (Å²) in [6, 6.07) is 5.03. The zero-order valence-electron chi connectivity index (χ0n) is 9.12. The van der Waals surface area contributed by atoms with Crippen LogP contribution < -0.4 is 5.32 Å². The lowest BCUT2D eigenvalue weighted by atomic mass is 9.95. The van der Waals surface area contributed by atoms with Gasteiger partial charge in [0.2, 0.25) is 0 Å². The van der Waals surface area contributed by atoms with Crippen LogP contribution in [0.25, 0.3) is 0 Å². The molecule has 2 N–H and O–H groups in total. The first kappa shape index (κ1) is 9.94. The number of benzene rings is 1. The lowest BCUT2D eigenvalue weighted by Crippen LogP contribution is -2.25. The number of aromatic hydroxyl groups is 1. The summed E-state index contributed by atoms with van der Waals surface area (Å²) in [4.78, 5) is 0. The van der Waals surface area contributed by atoms with E-state index in [-0.39, 0.29) is 5.75 Å². The van der Waals surface area contributed by atoms with Gasteiger partial charge in [-0.25, -0.2) is 4.39 Å². The second-order valence-electron chi connectivity index (χ2n) is 5.09. The zero-order valence-corrected chi connectivity index (χ0v) is 9.12. The smallest absolute Gasteiger partial charge is 0.166 e. The van der Waals surface area contributed by atoms with Crippen molar-refractivity contribution < 1.29 is 9.50 Å². The van der Waals surface area contributed by atoms with Crippen LogP contribution >= 0.6 is 0 Å². The van der Waals surface area contributed by atoms with Crippen LogP contribution in [0.4, 0.5) is 10.1 Å². The molecule has 0 spiro atoms. The van der Waals surface area contributed by atoms with Gasteiger partial charge in [-0.1, -0.05) is 6.42 Å². The highest BCUT2D eigenvalue weighted by Crippen LogP contribution is 2.45. The van der Waals surface area contributed by atoms with Crippen LogP contribution in [0.2, 0.25) is 0 Å². The lowest BCUT2D eigenvalue weighted by molar-refractivity contribution is 0.430. The highest BCUT2D eigenvalue weighted by Gasteiger charge is 2.39. The van der Waals surface area contributed by atoms with Gasteiger partial charge in [0.1, 0.15) is 0 Å². The minimum absolute atomic E-state index is 0.279. The van der Waals surface area contributed by atoms with Gasteiger partial charge in [0.25, 0.3) is 0 Å². The minimum atomic E-state index is -0.548. The number of rotatable bonds is 2. The van der Waals surface area contributed by atoms with E-state index in [2.05, 4.69) is 5.32 Å². The Kier molecular flexibility index (Phi) is 2.27. The third-order valence-corrected chi connectivity index (χ3v) is 4.04. The lowest BCUT2D eigenvalue weighted by Gasteiger charge is -2.24. The third-order valence-electron chi connectivity index (χ3n) is 4.04. The average Bonchev–Trinajstić information content (AvgIpc) is 2.85. The van der Waals surface area contributed by atoms with Crippen LogP contribution in [0, 0.1) is 17.7 Å². The van der Waals surface area contributed by atoms with E-state index in [4.69, 9.17) is 5.11 Å². The molecule has 3 rings (SSSR count). The first-order valence-electron chi connectivity index (χ1n) is 5.97.